The number of amides is 2. The van der Waals surface area contributed by atoms with E-state index in [4.69, 9.17) is 34.8 Å². The summed E-state index contributed by atoms with van der Waals surface area (Å²) in [6.45, 7) is 8.09. The third-order valence-electron chi connectivity index (χ3n) is 5.80. The molecule has 0 radical (unpaired) electrons. The standard InChI is InChI=1S/C26H34Cl3N3O4S/c1-17(2)15-30-26(34)19(4)31(16-20-9-11-21(27)13-23(20)29)25(33)7-6-12-32(37(5,35)36)24-14-22(28)10-8-18(24)3/h8-11,13-14,17,19H,6-7,12,15-16H2,1-5H3,(H,30,34)/t19-/m0/s1. The first kappa shape index (κ1) is 31.2. The highest BCUT2D eigenvalue weighted by atomic mass is 35.5. The van der Waals surface area contributed by atoms with Gasteiger partial charge in [-0.3, -0.25) is 13.9 Å². The van der Waals surface area contributed by atoms with Gasteiger partial charge in [-0.05, 0) is 61.6 Å². The quantitative estimate of drug-likeness (QED) is 0.344. The minimum atomic E-state index is -3.62. The molecule has 0 saturated carbocycles. The first-order valence-electron chi connectivity index (χ1n) is 12.0. The molecule has 7 nitrogen and oxygen atoms in total. The van der Waals surface area contributed by atoms with Gasteiger partial charge in [0.25, 0.3) is 0 Å². The van der Waals surface area contributed by atoms with E-state index in [1.54, 1.807) is 50.2 Å². The van der Waals surface area contributed by atoms with Gasteiger partial charge in [0, 0.05) is 41.1 Å². The molecule has 0 spiro atoms. The molecule has 0 aliphatic rings. The normalized spacial score (nSPS) is 12.4. The maximum atomic E-state index is 13.4. The highest BCUT2D eigenvalue weighted by molar-refractivity contribution is 7.92. The number of halogens is 3. The van der Waals surface area contributed by atoms with Crippen LogP contribution in [-0.2, 0) is 26.2 Å². The molecule has 1 atom stereocenters. The zero-order chi connectivity index (χ0) is 27.9. The predicted octanol–water partition coefficient (Wildman–Crippen LogP) is 5.69. The lowest BCUT2D eigenvalue weighted by Crippen LogP contribution is -2.48. The highest BCUT2D eigenvalue weighted by Crippen LogP contribution is 2.27. The molecule has 37 heavy (non-hydrogen) atoms. The summed E-state index contributed by atoms with van der Waals surface area (Å²) in [5.41, 5.74) is 1.86. The Morgan fingerprint density at radius 1 is 1.00 bits per heavy atom. The fourth-order valence-corrected chi connectivity index (χ4v) is 5.35. The summed E-state index contributed by atoms with van der Waals surface area (Å²) < 4.78 is 26.3. The van der Waals surface area contributed by atoms with Crippen LogP contribution in [0.25, 0.3) is 0 Å². The average Bonchev–Trinajstić information content (AvgIpc) is 2.80. The molecule has 2 aromatic carbocycles. The van der Waals surface area contributed by atoms with Crippen molar-refractivity contribution in [1.82, 2.24) is 10.2 Å². The Bertz CT molecular complexity index is 1220. The fraction of sp³-hybridized carbons (Fsp3) is 0.462. The zero-order valence-electron chi connectivity index (χ0n) is 21.7. The van der Waals surface area contributed by atoms with Crippen molar-refractivity contribution in [2.45, 2.75) is 53.1 Å². The van der Waals surface area contributed by atoms with Gasteiger partial charge in [0.05, 0.1) is 11.9 Å². The molecule has 2 rings (SSSR count). The number of anilines is 1. The Morgan fingerprint density at radius 2 is 1.62 bits per heavy atom. The van der Waals surface area contributed by atoms with Crippen LogP contribution in [-0.4, -0.2) is 50.5 Å². The zero-order valence-corrected chi connectivity index (χ0v) is 24.8. The summed E-state index contributed by atoms with van der Waals surface area (Å²) in [7, 11) is -3.62. The van der Waals surface area contributed by atoms with Crippen molar-refractivity contribution in [3.05, 3.63) is 62.6 Å². The summed E-state index contributed by atoms with van der Waals surface area (Å²) in [6.07, 6.45) is 1.38. The van der Waals surface area contributed by atoms with Crippen LogP contribution < -0.4 is 9.62 Å². The summed E-state index contributed by atoms with van der Waals surface area (Å²) in [4.78, 5) is 27.7. The number of aryl methyl sites for hydroxylation is 1. The molecule has 204 valence electrons. The molecule has 1 N–H and O–H groups in total. The first-order chi connectivity index (χ1) is 17.2. The van der Waals surface area contributed by atoms with Gasteiger partial charge in [0.2, 0.25) is 21.8 Å². The Hall–Kier alpha value is -2.00. The van der Waals surface area contributed by atoms with E-state index < -0.39 is 16.1 Å². The minimum absolute atomic E-state index is 0.0264. The maximum Gasteiger partial charge on any atom is 0.242 e. The number of hydrogen-bond acceptors (Lipinski definition) is 4. The number of hydrogen-bond donors (Lipinski definition) is 1. The summed E-state index contributed by atoms with van der Waals surface area (Å²) in [5.74, 6) is -0.322. The number of nitrogens with one attached hydrogen (secondary N) is 1. The molecule has 2 amide bonds. The monoisotopic (exact) mass is 589 g/mol. The molecule has 0 heterocycles. The molecule has 11 heteroatoms. The lowest BCUT2D eigenvalue weighted by atomic mass is 10.1. The predicted molar refractivity (Wildman–Crippen MR) is 152 cm³/mol. The third-order valence-corrected chi connectivity index (χ3v) is 7.80. The lowest BCUT2D eigenvalue weighted by Gasteiger charge is -2.30. The van der Waals surface area contributed by atoms with Crippen molar-refractivity contribution in [1.29, 1.82) is 0 Å². The van der Waals surface area contributed by atoms with E-state index in [9.17, 15) is 18.0 Å². The molecule has 0 unspecified atom stereocenters. The largest absolute Gasteiger partial charge is 0.354 e. The number of sulfonamides is 1. The van der Waals surface area contributed by atoms with Crippen LogP contribution in [0.3, 0.4) is 0 Å². The first-order valence-corrected chi connectivity index (χ1v) is 14.9. The molecular formula is C26H34Cl3N3O4S. The van der Waals surface area contributed by atoms with E-state index >= 15 is 0 Å². The van der Waals surface area contributed by atoms with E-state index in [0.717, 1.165) is 11.8 Å². The second kappa shape index (κ2) is 13.7. The highest BCUT2D eigenvalue weighted by Gasteiger charge is 2.27. The van der Waals surface area contributed by atoms with Gasteiger partial charge < -0.3 is 10.2 Å². The number of rotatable bonds is 12. The van der Waals surface area contributed by atoms with E-state index in [0.29, 0.717) is 32.9 Å². The van der Waals surface area contributed by atoms with Crippen LogP contribution in [0.1, 0.15) is 44.7 Å². The molecule has 0 bridgehead atoms. The van der Waals surface area contributed by atoms with Crippen LogP contribution in [0, 0.1) is 12.8 Å². The van der Waals surface area contributed by atoms with E-state index in [-0.39, 0.29) is 43.7 Å². The van der Waals surface area contributed by atoms with Crippen LogP contribution in [0.2, 0.25) is 15.1 Å². The maximum absolute atomic E-state index is 13.4. The molecule has 0 aliphatic heterocycles. The van der Waals surface area contributed by atoms with Crippen LogP contribution >= 0.6 is 34.8 Å². The van der Waals surface area contributed by atoms with Crippen molar-refractivity contribution in [2.75, 3.05) is 23.7 Å². The smallest absolute Gasteiger partial charge is 0.242 e. The fourth-order valence-electron chi connectivity index (χ4n) is 3.70. The average molecular weight is 591 g/mol. The van der Waals surface area contributed by atoms with Crippen molar-refractivity contribution >= 4 is 62.3 Å². The van der Waals surface area contributed by atoms with Crippen molar-refractivity contribution in [3.63, 3.8) is 0 Å². The lowest BCUT2D eigenvalue weighted by molar-refractivity contribution is -0.140. The minimum Gasteiger partial charge on any atom is -0.354 e. The van der Waals surface area contributed by atoms with E-state index in [2.05, 4.69) is 5.32 Å². The van der Waals surface area contributed by atoms with Crippen LogP contribution in [0.5, 0.6) is 0 Å². The number of nitrogens with zero attached hydrogens (tertiary/aromatic N) is 2. The summed E-state index contributed by atoms with van der Waals surface area (Å²) >= 11 is 18.5. The molecule has 0 fully saturated rings. The van der Waals surface area contributed by atoms with Crippen molar-refractivity contribution < 1.29 is 18.0 Å². The second-order valence-electron chi connectivity index (χ2n) is 9.44. The Morgan fingerprint density at radius 3 is 2.22 bits per heavy atom. The summed E-state index contributed by atoms with van der Waals surface area (Å²) in [6, 6.07) is 9.24. The van der Waals surface area contributed by atoms with Gasteiger partial charge in [0.1, 0.15) is 6.04 Å². The number of carbonyl (C=O) groups excluding carboxylic acids is 2. The Kier molecular flexibility index (Phi) is 11.6. The van der Waals surface area contributed by atoms with Gasteiger partial charge in [0.15, 0.2) is 0 Å². The van der Waals surface area contributed by atoms with Crippen molar-refractivity contribution in [3.8, 4) is 0 Å². The number of carbonyl (C=O) groups is 2. The van der Waals surface area contributed by atoms with Gasteiger partial charge in [-0.2, -0.15) is 0 Å². The van der Waals surface area contributed by atoms with Gasteiger partial charge in [-0.15, -0.1) is 0 Å². The van der Waals surface area contributed by atoms with Gasteiger partial charge in [-0.1, -0.05) is 60.8 Å². The van der Waals surface area contributed by atoms with E-state index in [1.165, 1.54) is 9.21 Å². The Labute approximate surface area is 235 Å². The van der Waals surface area contributed by atoms with Crippen LogP contribution in [0.4, 0.5) is 5.69 Å². The Balaban J connectivity index is 2.23. The van der Waals surface area contributed by atoms with Gasteiger partial charge >= 0.3 is 0 Å². The molecule has 2 aromatic rings. The van der Waals surface area contributed by atoms with E-state index in [1.807, 2.05) is 13.8 Å². The molecule has 0 aliphatic carbocycles. The second-order valence-corrected chi connectivity index (χ2v) is 12.6. The van der Waals surface area contributed by atoms with Gasteiger partial charge in [-0.25, -0.2) is 8.42 Å². The topological polar surface area (TPSA) is 86.8 Å². The molecule has 0 saturated heterocycles. The molecule has 0 aromatic heterocycles. The SMILES string of the molecule is Cc1ccc(Cl)cc1N(CCCC(=O)N(Cc1ccc(Cl)cc1Cl)[C@@H](C)C(=O)NCC(C)C)S(C)(=O)=O. The van der Waals surface area contributed by atoms with Crippen molar-refractivity contribution in [2.24, 2.45) is 5.92 Å². The third kappa shape index (κ3) is 9.36. The van der Waals surface area contributed by atoms with Crippen LogP contribution in [0.15, 0.2) is 36.4 Å². The molecular weight excluding hydrogens is 557 g/mol. The summed E-state index contributed by atoms with van der Waals surface area (Å²) in [5, 5.41) is 4.13. The number of benzene rings is 2.